The van der Waals surface area contributed by atoms with Gasteiger partial charge in [0.2, 0.25) is 0 Å². The Bertz CT molecular complexity index is 653. The molecule has 0 atom stereocenters. The molecule has 3 rings (SSSR count). The van der Waals surface area contributed by atoms with Crippen molar-refractivity contribution in [3.8, 4) is 0 Å². The average molecular weight is 326 g/mol. The molecule has 0 aliphatic carbocycles. The summed E-state index contributed by atoms with van der Waals surface area (Å²) in [6.07, 6.45) is 0.988. The van der Waals surface area contributed by atoms with Gasteiger partial charge < -0.3 is 0 Å². The second-order valence-electron chi connectivity index (χ2n) is 4.89. The van der Waals surface area contributed by atoms with E-state index in [0.717, 1.165) is 19.5 Å². The summed E-state index contributed by atoms with van der Waals surface area (Å²) in [6.45, 7) is 2.11. The molecule has 2 aromatic rings. The van der Waals surface area contributed by atoms with Crippen LogP contribution in [-0.2, 0) is 13.0 Å². The van der Waals surface area contributed by atoms with Crippen LogP contribution in [0.5, 0.6) is 0 Å². The first-order valence-corrected chi connectivity index (χ1v) is 7.98. The lowest BCUT2D eigenvalue weighted by molar-refractivity contribution is 0.0922. The van der Waals surface area contributed by atoms with Gasteiger partial charge in [0.05, 0.1) is 16.4 Å². The molecule has 0 saturated carbocycles. The zero-order chi connectivity index (χ0) is 14.1. The van der Waals surface area contributed by atoms with Gasteiger partial charge in [0, 0.05) is 13.1 Å². The minimum atomic E-state index is 0.0394. The molecule has 2 nitrogen and oxygen atoms in total. The summed E-state index contributed by atoms with van der Waals surface area (Å²) in [5.41, 5.74) is 3.23. The highest BCUT2D eigenvalue weighted by Crippen LogP contribution is 2.31. The number of ketones is 1. The van der Waals surface area contributed by atoms with E-state index in [2.05, 4.69) is 23.1 Å². The molecule has 104 valence electrons. The molecule has 0 unspecified atom stereocenters. The molecule has 0 amide bonds. The predicted octanol–water partition coefficient (Wildman–Crippen LogP) is 4.30. The Morgan fingerprint density at radius 1 is 1.25 bits per heavy atom. The van der Waals surface area contributed by atoms with Crippen LogP contribution >= 0.6 is 34.5 Å². The standard InChI is InChI=1S/C15H13Cl2NOS/c16-14-7-12(15(17)20-14)13(19)9-18-6-5-10-3-1-2-4-11(10)8-18/h1-4,7H,5-6,8-9H2. The number of hydrogen-bond donors (Lipinski definition) is 0. The van der Waals surface area contributed by atoms with E-state index in [9.17, 15) is 4.79 Å². The summed E-state index contributed by atoms with van der Waals surface area (Å²) < 4.78 is 1.04. The lowest BCUT2D eigenvalue weighted by Crippen LogP contribution is -2.34. The number of nitrogens with zero attached hydrogens (tertiary/aromatic N) is 1. The van der Waals surface area contributed by atoms with Crippen LogP contribution in [0.2, 0.25) is 8.67 Å². The Hall–Kier alpha value is -0.870. The van der Waals surface area contributed by atoms with Crippen LogP contribution in [0.25, 0.3) is 0 Å². The molecule has 1 aromatic heterocycles. The van der Waals surface area contributed by atoms with Crippen molar-refractivity contribution < 1.29 is 4.79 Å². The van der Waals surface area contributed by atoms with E-state index in [0.29, 0.717) is 20.8 Å². The quantitative estimate of drug-likeness (QED) is 0.784. The van der Waals surface area contributed by atoms with Crippen LogP contribution in [0.15, 0.2) is 30.3 Å². The summed E-state index contributed by atoms with van der Waals surface area (Å²) in [4.78, 5) is 14.4. The van der Waals surface area contributed by atoms with Gasteiger partial charge in [-0.3, -0.25) is 9.69 Å². The maximum absolute atomic E-state index is 12.3. The second-order valence-corrected chi connectivity index (χ2v) is 7.18. The lowest BCUT2D eigenvalue weighted by atomic mass is 9.99. The van der Waals surface area contributed by atoms with E-state index in [-0.39, 0.29) is 5.78 Å². The van der Waals surface area contributed by atoms with Crippen molar-refractivity contribution >= 4 is 40.3 Å². The third-order valence-electron chi connectivity index (χ3n) is 3.53. The third-order valence-corrected chi connectivity index (χ3v) is 5.02. The van der Waals surface area contributed by atoms with Crippen molar-refractivity contribution in [3.05, 3.63) is 55.7 Å². The lowest BCUT2D eigenvalue weighted by Gasteiger charge is -2.27. The Labute approximate surface area is 131 Å². The van der Waals surface area contributed by atoms with Crippen LogP contribution < -0.4 is 0 Å². The number of carbonyl (C=O) groups excluding carboxylic acids is 1. The number of rotatable bonds is 3. The number of thiophene rings is 1. The molecule has 0 bridgehead atoms. The van der Waals surface area contributed by atoms with E-state index in [1.807, 2.05) is 6.07 Å². The summed E-state index contributed by atoms with van der Waals surface area (Å²) in [7, 11) is 0. The van der Waals surface area contributed by atoms with Crippen LogP contribution in [0.3, 0.4) is 0 Å². The molecule has 0 fully saturated rings. The van der Waals surface area contributed by atoms with Crippen LogP contribution in [-0.4, -0.2) is 23.8 Å². The largest absolute Gasteiger partial charge is 0.293 e. The predicted molar refractivity (Wildman–Crippen MR) is 84.1 cm³/mol. The second kappa shape index (κ2) is 5.86. The number of carbonyl (C=O) groups is 1. The summed E-state index contributed by atoms with van der Waals surface area (Å²) in [5.74, 6) is 0.0394. The van der Waals surface area contributed by atoms with Gasteiger partial charge in [-0.2, -0.15) is 0 Å². The van der Waals surface area contributed by atoms with Gasteiger partial charge >= 0.3 is 0 Å². The van der Waals surface area contributed by atoms with E-state index in [4.69, 9.17) is 23.2 Å². The number of benzene rings is 1. The molecule has 1 aliphatic rings. The molecule has 2 heterocycles. The molecule has 1 aliphatic heterocycles. The number of fused-ring (bicyclic) bond motifs is 1. The van der Waals surface area contributed by atoms with Crippen molar-refractivity contribution in [1.82, 2.24) is 4.90 Å². The minimum Gasteiger partial charge on any atom is -0.293 e. The molecular weight excluding hydrogens is 313 g/mol. The minimum absolute atomic E-state index is 0.0394. The smallest absolute Gasteiger partial charge is 0.179 e. The zero-order valence-electron chi connectivity index (χ0n) is 10.7. The van der Waals surface area contributed by atoms with E-state index >= 15 is 0 Å². The molecule has 0 spiro atoms. The highest BCUT2D eigenvalue weighted by atomic mass is 35.5. The van der Waals surface area contributed by atoms with Gasteiger partial charge in [0.25, 0.3) is 0 Å². The maximum atomic E-state index is 12.3. The molecule has 5 heteroatoms. The fraction of sp³-hybridized carbons (Fsp3) is 0.267. The van der Waals surface area contributed by atoms with E-state index in [1.54, 1.807) is 6.07 Å². The summed E-state index contributed by atoms with van der Waals surface area (Å²) >= 11 is 13.2. The fourth-order valence-corrected chi connectivity index (χ4v) is 4.01. The Kier molecular flexibility index (Phi) is 4.13. The molecule has 20 heavy (non-hydrogen) atoms. The molecular formula is C15H13Cl2NOS. The molecule has 0 N–H and O–H groups in total. The number of Topliss-reactive ketones (excluding diaryl/α,β-unsaturated/α-hetero) is 1. The Morgan fingerprint density at radius 2 is 2.00 bits per heavy atom. The first-order valence-electron chi connectivity index (χ1n) is 6.40. The highest BCUT2D eigenvalue weighted by Gasteiger charge is 2.21. The van der Waals surface area contributed by atoms with Gasteiger partial charge in [0.15, 0.2) is 5.78 Å². The monoisotopic (exact) mass is 325 g/mol. The van der Waals surface area contributed by atoms with Crippen molar-refractivity contribution in [1.29, 1.82) is 0 Å². The maximum Gasteiger partial charge on any atom is 0.179 e. The Balaban J connectivity index is 1.71. The first-order chi connectivity index (χ1) is 9.63. The summed E-state index contributed by atoms with van der Waals surface area (Å²) in [5, 5.41) is 0. The average Bonchev–Trinajstić information content (AvgIpc) is 2.78. The molecule has 0 radical (unpaired) electrons. The van der Waals surface area contributed by atoms with Gasteiger partial charge in [-0.05, 0) is 23.6 Å². The fourth-order valence-electron chi connectivity index (χ4n) is 2.51. The zero-order valence-corrected chi connectivity index (χ0v) is 13.1. The van der Waals surface area contributed by atoms with Gasteiger partial charge in [0.1, 0.15) is 4.34 Å². The molecule has 1 aromatic carbocycles. The number of hydrogen-bond acceptors (Lipinski definition) is 3. The van der Waals surface area contributed by atoms with Crippen LogP contribution in [0.1, 0.15) is 21.5 Å². The van der Waals surface area contributed by atoms with Crippen LogP contribution in [0.4, 0.5) is 0 Å². The van der Waals surface area contributed by atoms with E-state index < -0.39 is 0 Å². The highest BCUT2D eigenvalue weighted by molar-refractivity contribution is 7.20. The van der Waals surface area contributed by atoms with Gasteiger partial charge in [-0.15, -0.1) is 11.3 Å². The van der Waals surface area contributed by atoms with Gasteiger partial charge in [-0.25, -0.2) is 0 Å². The van der Waals surface area contributed by atoms with Crippen LogP contribution in [0, 0.1) is 0 Å². The van der Waals surface area contributed by atoms with Crippen molar-refractivity contribution in [3.63, 3.8) is 0 Å². The molecule has 0 saturated heterocycles. The topological polar surface area (TPSA) is 20.3 Å². The first kappa shape index (κ1) is 14.1. The summed E-state index contributed by atoms with van der Waals surface area (Å²) in [6, 6.07) is 10.0. The third kappa shape index (κ3) is 2.91. The normalized spacial score (nSPS) is 15.1. The van der Waals surface area contributed by atoms with Crippen molar-refractivity contribution in [2.75, 3.05) is 13.1 Å². The number of halogens is 2. The Morgan fingerprint density at radius 3 is 2.70 bits per heavy atom. The SMILES string of the molecule is O=C(CN1CCc2ccccc2C1)c1cc(Cl)sc1Cl. The van der Waals surface area contributed by atoms with Crippen molar-refractivity contribution in [2.45, 2.75) is 13.0 Å². The van der Waals surface area contributed by atoms with E-state index in [1.165, 1.54) is 22.5 Å². The van der Waals surface area contributed by atoms with Crippen molar-refractivity contribution in [2.24, 2.45) is 0 Å². The van der Waals surface area contributed by atoms with Gasteiger partial charge in [-0.1, -0.05) is 47.5 Å².